The highest BCUT2D eigenvalue weighted by atomic mass is 32.2. The van der Waals surface area contributed by atoms with E-state index in [4.69, 9.17) is 0 Å². The first-order chi connectivity index (χ1) is 5.88. The smallest absolute Gasteiger partial charge is 0.354 e. The molecule has 4 nitrogen and oxygen atoms in total. The summed E-state index contributed by atoms with van der Waals surface area (Å²) in [7, 11) is 0. The van der Waals surface area contributed by atoms with Gasteiger partial charge in [-0.2, -0.15) is 0 Å². The summed E-state index contributed by atoms with van der Waals surface area (Å²) in [5.41, 5.74) is 0. The van der Waals surface area contributed by atoms with Crippen LogP contribution in [0.3, 0.4) is 0 Å². The SMILES string of the molecule is CCOC(=O)/C=N/[S@@+]([O-])C(C)(C)C. The van der Waals surface area contributed by atoms with E-state index in [9.17, 15) is 9.35 Å². The summed E-state index contributed by atoms with van der Waals surface area (Å²) in [6, 6.07) is 0. The quantitative estimate of drug-likeness (QED) is 0.393. The van der Waals surface area contributed by atoms with Crippen molar-refractivity contribution in [3.63, 3.8) is 0 Å². The van der Waals surface area contributed by atoms with Crippen LogP contribution in [0.25, 0.3) is 0 Å². The molecule has 0 bridgehead atoms. The van der Waals surface area contributed by atoms with Crippen molar-refractivity contribution >= 4 is 23.5 Å². The van der Waals surface area contributed by atoms with Crippen molar-refractivity contribution in [1.82, 2.24) is 0 Å². The molecule has 0 aliphatic carbocycles. The Kier molecular flexibility index (Phi) is 5.02. The van der Waals surface area contributed by atoms with Gasteiger partial charge in [-0.15, -0.1) is 0 Å². The van der Waals surface area contributed by atoms with E-state index in [2.05, 4.69) is 9.13 Å². The molecule has 0 radical (unpaired) electrons. The minimum atomic E-state index is -1.39. The molecule has 0 heterocycles. The zero-order chi connectivity index (χ0) is 10.5. The molecule has 0 N–H and O–H groups in total. The van der Waals surface area contributed by atoms with Crippen LogP contribution < -0.4 is 0 Å². The third kappa shape index (κ3) is 5.65. The fourth-order valence-electron chi connectivity index (χ4n) is 0.429. The molecular weight excluding hydrogens is 190 g/mol. The number of esters is 1. The van der Waals surface area contributed by atoms with Crippen molar-refractivity contribution in [2.45, 2.75) is 32.4 Å². The molecule has 0 spiro atoms. The molecule has 0 aliphatic rings. The van der Waals surface area contributed by atoms with Gasteiger partial charge in [-0.1, -0.05) is 4.40 Å². The van der Waals surface area contributed by atoms with Crippen molar-refractivity contribution in [2.24, 2.45) is 4.40 Å². The average molecular weight is 205 g/mol. The Labute approximate surface area is 81.7 Å². The van der Waals surface area contributed by atoms with Crippen LogP contribution in [0.15, 0.2) is 4.40 Å². The topological polar surface area (TPSA) is 61.7 Å². The van der Waals surface area contributed by atoms with E-state index in [1.165, 1.54) is 0 Å². The maximum absolute atomic E-state index is 11.3. The van der Waals surface area contributed by atoms with Gasteiger partial charge in [0.25, 0.3) is 0 Å². The molecule has 0 aromatic rings. The van der Waals surface area contributed by atoms with E-state index in [0.29, 0.717) is 6.61 Å². The number of carbonyl (C=O) groups excluding carboxylic acids is 1. The molecule has 76 valence electrons. The lowest BCUT2D eigenvalue weighted by molar-refractivity contribution is -0.134. The number of ether oxygens (including phenoxy) is 1. The van der Waals surface area contributed by atoms with Crippen molar-refractivity contribution in [3.05, 3.63) is 0 Å². The van der Waals surface area contributed by atoms with Gasteiger partial charge in [0.15, 0.2) is 6.21 Å². The van der Waals surface area contributed by atoms with Crippen molar-refractivity contribution in [2.75, 3.05) is 6.61 Å². The summed E-state index contributed by atoms with van der Waals surface area (Å²) in [5, 5.41) is 0. The summed E-state index contributed by atoms with van der Waals surface area (Å²) >= 11 is -1.39. The highest BCUT2D eigenvalue weighted by Gasteiger charge is 2.26. The van der Waals surface area contributed by atoms with Crippen molar-refractivity contribution < 1.29 is 14.1 Å². The fourth-order valence-corrected chi connectivity index (χ4v) is 0.927. The van der Waals surface area contributed by atoms with Gasteiger partial charge < -0.3 is 9.29 Å². The predicted molar refractivity (Wildman–Crippen MR) is 53.0 cm³/mol. The van der Waals surface area contributed by atoms with Crippen molar-refractivity contribution in [3.8, 4) is 0 Å². The molecule has 0 saturated heterocycles. The maximum Gasteiger partial charge on any atom is 0.354 e. The van der Waals surface area contributed by atoms with Crippen LogP contribution in [0.4, 0.5) is 0 Å². The molecule has 0 rings (SSSR count). The van der Waals surface area contributed by atoms with E-state index in [-0.39, 0.29) is 0 Å². The van der Waals surface area contributed by atoms with Gasteiger partial charge in [-0.25, -0.2) is 4.79 Å². The first kappa shape index (κ1) is 12.4. The van der Waals surface area contributed by atoms with Gasteiger partial charge in [-0.3, -0.25) is 0 Å². The summed E-state index contributed by atoms with van der Waals surface area (Å²) in [5.74, 6) is -0.555. The Morgan fingerprint density at radius 1 is 1.62 bits per heavy atom. The summed E-state index contributed by atoms with van der Waals surface area (Å²) in [4.78, 5) is 10.8. The predicted octanol–water partition coefficient (Wildman–Crippen LogP) is 1.08. The van der Waals surface area contributed by atoms with Gasteiger partial charge >= 0.3 is 5.97 Å². The summed E-state index contributed by atoms with van der Waals surface area (Å²) in [6.07, 6.45) is 0.963. The van der Waals surface area contributed by atoms with E-state index < -0.39 is 22.1 Å². The second-order valence-electron chi connectivity index (χ2n) is 3.35. The summed E-state index contributed by atoms with van der Waals surface area (Å²) in [6.45, 7) is 7.35. The van der Waals surface area contributed by atoms with Crippen LogP contribution in [-0.2, 0) is 20.9 Å². The molecule has 13 heavy (non-hydrogen) atoms. The molecular formula is C8H15NO3S. The second-order valence-corrected chi connectivity index (χ2v) is 5.28. The molecule has 0 amide bonds. The van der Waals surface area contributed by atoms with E-state index in [1.807, 2.05) is 0 Å². The summed E-state index contributed by atoms with van der Waals surface area (Å²) < 4.78 is 19.0. The van der Waals surface area contributed by atoms with E-state index in [0.717, 1.165) is 6.21 Å². The number of carbonyl (C=O) groups is 1. The Morgan fingerprint density at radius 2 is 2.15 bits per heavy atom. The van der Waals surface area contributed by atoms with Crippen LogP contribution in [0.1, 0.15) is 27.7 Å². The lowest BCUT2D eigenvalue weighted by Crippen LogP contribution is -2.26. The second kappa shape index (κ2) is 5.24. The molecule has 0 unspecified atom stereocenters. The van der Waals surface area contributed by atoms with E-state index >= 15 is 0 Å². The minimum Gasteiger partial charge on any atom is -0.591 e. The third-order valence-corrected chi connectivity index (χ3v) is 2.41. The molecule has 0 aromatic carbocycles. The molecule has 0 aliphatic heterocycles. The number of rotatable bonds is 3. The Bertz CT molecular complexity index is 198. The first-order valence-corrected chi connectivity index (χ1v) is 5.11. The monoisotopic (exact) mass is 205 g/mol. The van der Waals surface area contributed by atoms with Gasteiger partial charge in [0.05, 0.1) is 6.61 Å². The van der Waals surface area contributed by atoms with Crippen LogP contribution in [0, 0.1) is 0 Å². The van der Waals surface area contributed by atoms with Gasteiger partial charge in [-0.05, 0) is 27.7 Å². The lowest BCUT2D eigenvalue weighted by Gasteiger charge is -2.17. The van der Waals surface area contributed by atoms with Crippen LogP contribution >= 0.6 is 0 Å². The van der Waals surface area contributed by atoms with E-state index in [1.54, 1.807) is 27.7 Å². The minimum absolute atomic E-state index is 0.299. The standard InChI is InChI=1S/C8H15NO3S/c1-5-12-7(10)6-9-13(11)8(2,3)4/h6H,5H2,1-4H3/b9-6+/t13-/m0/s1. The maximum atomic E-state index is 11.3. The van der Waals surface area contributed by atoms with Gasteiger partial charge in [0.1, 0.15) is 16.1 Å². The zero-order valence-corrected chi connectivity index (χ0v) is 9.18. The normalized spacial score (nSPS) is 14.5. The first-order valence-electron chi connectivity index (χ1n) is 4.00. The highest BCUT2D eigenvalue weighted by Crippen LogP contribution is 2.16. The van der Waals surface area contributed by atoms with Crippen LogP contribution in [-0.4, -0.2) is 28.1 Å². The molecule has 0 fully saturated rings. The fraction of sp³-hybridized carbons (Fsp3) is 0.750. The molecule has 0 saturated carbocycles. The van der Waals surface area contributed by atoms with Gasteiger partial charge in [0.2, 0.25) is 0 Å². The Morgan fingerprint density at radius 3 is 2.54 bits per heavy atom. The zero-order valence-electron chi connectivity index (χ0n) is 8.36. The third-order valence-electron chi connectivity index (χ3n) is 1.06. The average Bonchev–Trinajstić information content (AvgIpc) is 1.99. The van der Waals surface area contributed by atoms with Crippen LogP contribution in [0.5, 0.6) is 0 Å². The van der Waals surface area contributed by atoms with Crippen molar-refractivity contribution in [1.29, 1.82) is 0 Å². The molecule has 1 atom stereocenters. The molecule has 5 heteroatoms. The van der Waals surface area contributed by atoms with Crippen LogP contribution in [0.2, 0.25) is 0 Å². The largest absolute Gasteiger partial charge is 0.591 e. The lowest BCUT2D eigenvalue weighted by atomic mass is 10.3. The Balaban J connectivity index is 4.05. The highest BCUT2D eigenvalue weighted by molar-refractivity contribution is 7.91. The number of hydrogen-bond acceptors (Lipinski definition) is 4. The number of hydrogen-bond donors (Lipinski definition) is 0. The molecule has 0 aromatic heterocycles. The Hall–Kier alpha value is -0.550. The van der Waals surface area contributed by atoms with Gasteiger partial charge in [0, 0.05) is 0 Å². The number of nitrogens with zero attached hydrogens (tertiary/aromatic N) is 1.